The van der Waals surface area contributed by atoms with Crippen LogP contribution in [0.4, 0.5) is 0 Å². The summed E-state index contributed by atoms with van der Waals surface area (Å²) in [6.45, 7) is 12.7. The minimum atomic E-state index is -0.502. The lowest BCUT2D eigenvalue weighted by molar-refractivity contribution is -0.300. The van der Waals surface area contributed by atoms with Crippen molar-refractivity contribution in [3.63, 3.8) is 0 Å². The van der Waals surface area contributed by atoms with Crippen LogP contribution in [0.25, 0.3) is 0 Å². The molecule has 0 bridgehead atoms. The lowest BCUT2D eigenvalue weighted by atomic mass is 9.43. The molecule has 5 nitrogen and oxygen atoms in total. The molecule has 0 aromatic carbocycles. The fourth-order valence-electron chi connectivity index (χ4n) is 10.1. The second-order valence-electron chi connectivity index (χ2n) is 13.0. The van der Waals surface area contributed by atoms with Crippen molar-refractivity contribution in [2.45, 2.75) is 103 Å². The van der Waals surface area contributed by atoms with E-state index in [4.69, 9.17) is 18.9 Å². The van der Waals surface area contributed by atoms with E-state index in [-0.39, 0.29) is 29.0 Å². The Balaban J connectivity index is 1.37. The van der Waals surface area contributed by atoms with Gasteiger partial charge in [-0.05, 0) is 86.9 Å². The summed E-state index contributed by atoms with van der Waals surface area (Å²) < 4.78 is 25.9. The molecule has 4 unspecified atom stereocenters. The first-order chi connectivity index (χ1) is 15.1. The molecule has 180 valence electrons. The fourth-order valence-corrected chi connectivity index (χ4v) is 10.1. The SMILES string of the molecule is C[C@H](C=O)[C@H]1CCC2C3CC4(OCCO4)C4C[C@@H]5OC(C)(C)O[C@@H]5C[C@]4(C)C3CC[C@@]21C. The fraction of sp³-hybridized carbons (Fsp3) is 0.963. The van der Waals surface area contributed by atoms with Gasteiger partial charge in [0.25, 0.3) is 0 Å². The third-order valence-electron chi connectivity index (χ3n) is 11.2. The molecule has 4 saturated carbocycles. The Morgan fingerprint density at radius 3 is 2.28 bits per heavy atom. The molecule has 6 aliphatic rings. The molecule has 0 amide bonds. The van der Waals surface area contributed by atoms with Crippen LogP contribution < -0.4 is 0 Å². The molecule has 10 atom stereocenters. The lowest BCUT2D eigenvalue weighted by Crippen LogP contribution is -2.65. The Kier molecular flexibility index (Phi) is 4.83. The largest absolute Gasteiger partial charge is 0.347 e. The minimum absolute atomic E-state index is 0.133. The standard InChI is InChI=1S/C27H42O5/c1-16(15-28)18-6-7-19-17-13-27(29-10-11-30-27)23-12-21-22(32-24(2,3)31-21)14-26(23,5)20(17)8-9-25(18,19)4/h15-23H,6-14H2,1-5H3/t16-,17?,18-,19?,20?,21+,22-,23?,25-,26-/m1/s1. The van der Waals surface area contributed by atoms with Crippen LogP contribution in [0.2, 0.25) is 0 Å². The van der Waals surface area contributed by atoms with Crippen LogP contribution in [-0.2, 0) is 23.7 Å². The highest BCUT2D eigenvalue weighted by Crippen LogP contribution is 2.71. The molecule has 2 aliphatic heterocycles. The third-order valence-corrected chi connectivity index (χ3v) is 11.2. The first-order valence-corrected chi connectivity index (χ1v) is 13.2. The molecule has 4 aliphatic carbocycles. The second-order valence-corrected chi connectivity index (χ2v) is 13.0. The molecular formula is C27H42O5. The van der Waals surface area contributed by atoms with E-state index in [1.165, 1.54) is 32.0 Å². The Hall–Kier alpha value is -0.490. The summed E-state index contributed by atoms with van der Waals surface area (Å²) in [4.78, 5) is 11.7. The smallest absolute Gasteiger partial charge is 0.172 e. The van der Waals surface area contributed by atoms with Crippen molar-refractivity contribution in [2.75, 3.05) is 13.2 Å². The summed E-state index contributed by atoms with van der Waals surface area (Å²) in [5, 5.41) is 0. The molecule has 5 heteroatoms. The van der Waals surface area contributed by atoms with Gasteiger partial charge in [0.15, 0.2) is 11.6 Å². The van der Waals surface area contributed by atoms with Crippen molar-refractivity contribution in [1.82, 2.24) is 0 Å². The highest BCUT2D eigenvalue weighted by molar-refractivity contribution is 5.53. The summed E-state index contributed by atoms with van der Waals surface area (Å²) in [6, 6.07) is 0. The van der Waals surface area contributed by atoms with Crippen LogP contribution >= 0.6 is 0 Å². The van der Waals surface area contributed by atoms with Crippen molar-refractivity contribution in [1.29, 1.82) is 0 Å². The summed E-state index contributed by atoms with van der Waals surface area (Å²) in [5.41, 5.74) is 0.393. The predicted octanol–water partition coefficient (Wildman–Crippen LogP) is 4.96. The molecule has 0 radical (unpaired) electrons. The van der Waals surface area contributed by atoms with Crippen molar-refractivity contribution in [3.05, 3.63) is 0 Å². The Morgan fingerprint density at radius 2 is 1.56 bits per heavy atom. The third kappa shape index (κ3) is 2.86. The highest BCUT2D eigenvalue weighted by Gasteiger charge is 2.70. The Bertz CT molecular complexity index is 774. The minimum Gasteiger partial charge on any atom is -0.347 e. The molecule has 6 rings (SSSR count). The van der Waals surface area contributed by atoms with Gasteiger partial charge in [0, 0.05) is 18.3 Å². The van der Waals surface area contributed by atoms with Gasteiger partial charge < -0.3 is 23.7 Å². The molecule has 2 saturated heterocycles. The Labute approximate surface area is 193 Å². The van der Waals surface area contributed by atoms with Crippen molar-refractivity contribution < 1.29 is 23.7 Å². The molecule has 0 aromatic rings. The van der Waals surface area contributed by atoms with E-state index in [2.05, 4.69) is 34.6 Å². The maximum atomic E-state index is 11.7. The number of carbonyl (C=O) groups is 1. The van der Waals surface area contributed by atoms with Crippen molar-refractivity contribution in [3.8, 4) is 0 Å². The van der Waals surface area contributed by atoms with E-state index < -0.39 is 11.6 Å². The summed E-state index contributed by atoms with van der Waals surface area (Å²) >= 11 is 0. The molecule has 32 heavy (non-hydrogen) atoms. The number of rotatable bonds is 2. The van der Waals surface area contributed by atoms with Crippen LogP contribution in [0.15, 0.2) is 0 Å². The second kappa shape index (κ2) is 7.02. The average molecular weight is 447 g/mol. The van der Waals surface area contributed by atoms with Crippen LogP contribution in [0.3, 0.4) is 0 Å². The maximum absolute atomic E-state index is 11.7. The number of hydrogen-bond donors (Lipinski definition) is 0. The van der Waals surface area contributed by atoms with E-state index in [0.29, 0.717) is 42.8 Å². The zero-order valence-corrected chi connectivity index (χ0v) is 20.6. The van der Waals surface area contributed by atoms with Crippen molar-refractivity contribution in [2.24, 2.45) is 46.3 Å². The molecule has 0 N–H and O–H groups in total. The first-order valence-electron chi connectivity index (χ1n) is 13.2. The highest BCUT2D eigenvalue weighted by atomic mass is 16.8. The summed E-state index contributed by atoms with van der Waals surface area (Å²) in [6.07, 6.45) is 9.48. The van der Waals surface area contributed by atoms with E-state index in [1.54, 1.807) is 0 Å². The molecule has 2 heterocycles. The van der Waals surface area contributed by atoms with E-state index in [1.807, 2.05) is 0 Å². The predicted molar refractivity (Wildman–Crippen MR) is 120 cm³/mol. The van der Waals surface area contributed by atoms with Gasteiger partial charge in [-0.1, -0.05) is 20.8 Å². The van der Waals surface area contributed by atoms with Gasteiger partial charge in [0.2, 0.25) is 0 Å². The maximum Gasteiger partial charge on any atom is 0.172 e. The molecule has 1 spiro atoms. The van der Waals surface area contributed by atoms with Gasteiger partial charge >= 0.3 is 0 Å². The van der Waals surface area contributed by atoms with E-state index in [9.17, 15) is 4.79 Å². The van der Waals surface area contributed by atoms with E-state index >= 15 is 0 Å². The first kappa shape index (κ1) is 22.0. The molecule has 6 fully saturated rings. The van der Waals surface area contributed by atoms with Gasteiger partial charge in [-0.2, -0.15) is 0 Å². The van der Waals surface area contributed by atoms with Crippen LogP contribution in [0.5, 0.6) is 0 Å². The monoisotopic (exact) mass is 446 g/mol. The molecule has 0 aromatic heterocycles. The van der Waals surface area contributed by atoms with Gasteiger partial charge in [0.1, 0.15) is 6.29 Å². The van der Waals surface area contributed by atoms with Gasteiger partial charge in [-0.25, -0.2) is 0 Å². The van der Waals surface area contributed by atoms with Crippen LogP contribution in [0, 0.1) is 46.3 Å². The topological polar surface area (TPSA) is 54.0 Å². The molecular weight excluding hydrogens is 404 g/mol. The zero-order chi connectivity index (χ0) is 22.5. The van der Waals surface area contributed by atoms with Gasteiger partial charge in [-0.15, -0.1) is 0 Å². The number of carbonyl (C=O) groups excluding carboxylic acids is 1. The van der Waals surface area contributed by atoms with Crippen LogP contribution in [-0.4, -0.2) is 43.3 Å². The zero-order valence-electron chi connectivity index (χ0n) is 20.6. The summed E-state index contributed by atoms with van der Waals surface area (Å²) in [7, 11) is 0. The number of aldehydes is 1. The normalized spacial score (nSPS) is 53.8. The number of ether oxygens (including phenoxy) is 4. The quantitative estimate of drug-likeness (QED) is 0.561. The summed E-state index contributed by atoms with van der Waals surface area (Å²) in [5.74, 6) is 1.98. The Morgan fingerprint density at radius 1 is 0.875 bits per heavy atom. The average Bonchev–Trinajstić information content (AvgIpc) is 3.40. The van der Waals surface area contributed by atoms with Gasteiger partial charge in [-0.3, -0.25) is 0 Å². The number of hydrogen-bond acceptors (Lipinski definition) is 5. The lowest BCUT2D eigenvalue weighted by Gasteiger charge is -2.65. The number of fused-ring (bicyclic) bond motifs is 7. The van der Waals surface area contributed by atoms with Crippen LogP contribution in [0.1, 0.15) is 79.6 Å². The van der Waals surface area contributed by atoms with E-state index in [0.717, 1.165) is 19.3 Å². The van der Waals surface area contributed by atoms with Gasteiger partial charge in [0.05, 0.1) is 25.4 Å². The van der Waals surface area contributed by atoms with Crippen molar-refractivity contribution >= 4 is 6.29 Å².